The van der Waals surface area contributed by atoms with E-state index in [0.29, 0.717) is 10.6 Å². The van der Waals surface area contributed by atoms with Gasteiger partial charge in [0.1, 0.15) is 6.07 Å². The maximum absolute atomic E-state index is 12.9. The molecule has 0 atom stereocenters. The zero-order valence-electron chi connectivity index (χ0n) is 13.8. The molecule has 0 bridgehead atoms. The van der Waals surface area contributed by atoms with Crippen LogP contribution in [0.15, 0.2) is 81.1 Å². The summed E-state index contributed by atoms with van der Waals surface area (Å²) >= 11 is 5.82. The van der Waals surface area contributed by atoms with Gasteiger partial charge in [0.05, 0.1) is 4.90 Å². The third-order valence-corrected chi connectivity index (χ3v) is 6.00. The summed E-state index contributed by atoms with van der Waals surface area (Å²) in [4.78, 5) is 4.10. The Balaban J connectivity index is 1.91. The molecule has 0 fully saturated rings. The van der Waals surface area contributed by atoms with Crippen molar-refractivity contribution in [2.45, 2.75) is 9.99 Å². The van der Waals surface area contributed by atoms with Crippen LogP contribution in [0, 0.1) is 11.3 Å². The summed E-state index contributed by atoms with van der Waals surface area (Å²) in [5, 5.41) is 11.1. The van der Waals surface area contributed by atoms with E-state index in [1.54, 1.807) is 6.07 Å². The van der Waals surface area contributed by atoms with Crippen molar-refractivity contribution in [2.75, 3.05) is 0 Å². The average molecular weight is 395 g/mol. The molecule has 0 saturated carbocycles. The number of halogens is 1. The van der Waals surface area contributed by atoms with Crippen LogP contribution in [0.25, 0.3) is 22.2 Å². The maximum atomic E-state index is 12.9. The third kappa shape index (κ3) is 2.97. The van der Waals surface area contributed by atoms with Gasteiger partial charge in [-0.3, -0.25) is 0 Å². The molecule has 4 aromatic rings. The number of nitriles is 1. The van der Waals surface area contributed by atoms with Gasteiger partial charge in [-0.1, -0.05) is 48.0 Å². The van der Waals surface area contributed by atoms with E-state index in [9.17, 15) is 13.7 Å². The fraction of sp³-hybridized carbons (Fsp3) is 0. The van der Waals surface area contributed by atoms with Crippen molar-refractivity contribution >= 4 is 32.2 Å². The molecule has 0 radical (unpaired) electrons. The summed E-state index contributed by atoms with van der Waals surface area (Å²) in [6.45, 7) is 0. The van der Waals surface area contributed by atoms with Crippen LogP contribution in [0.2, 0.25) is 5.02 Å². The second-order valence-electron chi connectivity index (χ2n) is 5.75. The number of oxazole rings is 1. The second kappa shape index (κ2) is 6.54. The van der Waals surface area contributed by atoms with Crippen LogP contribution in [0.5, 0.6) is 0 Å². The van der Waals surface area contributed by atoms with E-state index in [1.807, 2.05) is 42.5 Å². The average Bonchev–Trinajstić information content (AvgIpc) is 3.13. The highest BCUT2D eigenvalue weighted by molar-refractivity contribution is 7.91. The fourth-order valence-electron chi connectivity index (χ4n) is 2.81. The van der Waals surface area contributed by atoms with Gasteiger partial charge >= 0.3 is 0 Å². The van der Waals surface area contributed by atoms with Gasteiger partial charge < -0.3 is 4.42 Å². The topological polar surface area (TPSA) is 84.0 Å². The zero-order chi connectivity index (χ0) is 19.0. The minimum absolute atomic E-state index is 0.0241. The van der Waals surface area contributed by atoms with Crippen molar-refractivity contribution in [1.82, 2.24) is 4.98 Å². The fourth-order valence-corrected chi connectivity index (χ4v) is 4.18. The molecule has 0 spiro atoms. The Morgan fingerprint density at radius 2 is 1.67 bits per heavy atom. The first kappa shape index (κ1) is 17.3. The monoisotopic (exact) mass is 394 g/mol. The predicted molar refractivity (Wildman–Crippen MR) is 101 cm³/mol. The third-order valence-electron chi connectivity index (χ3n) is 4.09. The summed E-state index contributed by atoms with van der Waals surface area (Å²) in [6.07, 6.45) is 0. The standard InChI is InChI=1S/C20H11ClN2O3S/c21-14-8-10-15(11-9-14)27(24,25)20-18(12-22)23-19(26-20)17-7-3-5-13-4-1-2-6-16(13)17/h1-11H. The molecule has 0 N–H and O–H groups in total. The molecule has 0 aliphatic carbocycles. The lowest BCUT2D eigenvalue weighted by Crippen LogP contribution is -2.02. The van der Waals surface area contributed by atoms with Crippen LogP contribution >= 0.6 is 11.6 Å². The molecule has 7 heteroatoms. The molecule has 0 aliphatic heterocycles. The number of hydrogen-bond acceptors (Lipinski definition) is 5. The first-order valence-corrected chi connectivity index (χ1v) is 9.76. The molecule has 27 heavy (non-hydrogen) atoms. The lowest BCUT2D eigenvalue weighted by Gasteiger charge is -2.03. The number of nitrogens with zero attached hydrogens (tertiary/aromatic N) is 2. The largest absolute Gasteiger partial charge is 0.423 e. The highest BCUT2D eigenvalue weighted by Crippen LogP contribution is 2.33. The van der Waals surface area contributed by atoms with Crippen LogP contribution in [-0.2, 0) is 9.84 Å². The van der Waals surface area contributed by atoms with Gasteiger partial charge in [-0.15, -0.1) is 0 Å². The van der Waals surface area contributed by atoms with Crippen molar-refractivity contribution in [2.24, 2.45) is 0 Å². The Kier molecular flexibility index (Phi) is 4.19. The highest BCUT2D eigenvalue weighted by atomic mass is 35.5. The SMILES string of the molecule is N#Cc1nc(-c2cccc3ccccc23)oc1S(=O)(=O)c1ccc(Cl)cc1. The van der Waals surface area contributed by atoms with E-state index in [-0.39, 0.29) is 16.5 Å². The van der Waals surface area contributed by atoms with Gasteiger partial charge in [0, 0.05) is 10.6 Å². The Morgan fingerprint density at radius 3 is 2.41 bits per heavy atom. The molecule has 132 valence electrons. The highest BCUT2D eigenvalue weighted by Gasteiger charge is 2.29. The summed E-state index contributed by atoms with van der Waals surface area (Å²) < 4.78 is 31.4. The maximum Gasteiger partial charge on any atom is 0.261 e. The molecule has 0 unspecified atom stereocenters. The van der Waals surface area contributed by atoms with Gasteiger partial charge in [-0.2, -0.15) is 10.2 Å². The molecule has 0 aliphatic rings. The summed E-state index contributed by atoms with van der Waals surface area (Å²) in [5.41, 5.74) is 0.329. The van der Waals surface area contributed by atoms with Crippen molar-refractivity contribution in [3.05, 3.63) is 77.4 Å². The Bertz CT molecular complexity index is 1300. The molecular formula is C20H11ClN2O3S. The van der Waals surface area contributed by atoms with Crippen LogP contribution in [0.3, 0.4) is 0 Å². The molecule has 5 nitrogen and oxygen atoms in total. The van der Waals surface area contributed by atoms with Crippen molar-refractivity contribution in [3.8, 4) is 17.5 Å². The smallest absolute Gasteiger partial charge is 0.261 e. The van der Waals surface area contributed by atoms with Gasteiger partial charge in [0.2, 0.25) is 15.7 Å². The van der Waals surface area contributed by atoms with Gasteiger partial charge in [-0.05, 0) is 41.1 Å². The number of hydrogen-bond donors (Lipinski definition) is 0. The molecule has 0 amide bonds. The normalized spacial score (nSPS) is 11.4. The van der Waals surface area contributed by atoms with E-state index >= 15 is 0 Å². The van der Waals surface area contributed by atoms with Gasteiger partial charge in [-0.25, -0.2) is 8.42 Å². The van der Waals surface area contributed by atoms with Gasteiger partial charge in [0.15, 0.2) is 5.69 Å². The van der Waals surface area contributed by atoms with Crippen molar-refractivity contribution < 1.29 is 12.8 Å². The number of fused-ring (bicyclic) bond motifs is 1. The first-order chi connectivity index (χ1) is 13.0. The second-order valence-corrected chi connectivity index (χ2v) is 8.04. The van der Waals surface area contributed by atoms with Gasteiger partial charge in [0.25, 0.3) is 5.09 Å². The minimum atomic E-state index is -4.05. The lowest BCUT2D eigenvalue weighted by molar-refractivity contribution is 0.457. The molecule has 1 aromatic heterocycles. The Labute approximate surface area is 160 Å². The summed E-state index contributed by atoms with van der Waals surface area (Å²) in [6, 6.07) is 20.6. The van der Waals surface area contributed by atoms with E-state index in [4.69, 9.17) is 16.0 Å². The van der Waals surface area contributed by atoms with Crippen LogP contribution in [-0.4, -0.2) is 13.4 Å². The van der Waals surface area contributed by atoms with E-state index in [1.165, 1.54) is 24.3 Å². The van der Waals surface area contributed by atoms with Crippen LogP contribution in [0.4, 0.5) is 0 Å². The van der Waals surface area contributed by atoms with Crippen molar-refractivity contribution in [1.29, 1.82) is 5.26 Å². The Hall–Kier alpha value is -3.14. The van der Waals surface area contributed by atoms with Crippen LogP contribution < -0.4 is 0 Å². The Morgan fingerprint density at radius 1 is 0.963 bits per heavy atom. The molecule has 4 rings (SSSR count). The molecule has 0 saturated heterocycles. The molecule has 3 aromatic carbocycles. The predicted octanol–water partition coefficient (Wildman–Crippen LogP) is 4.85. The molecular weight excluding hydrogens is 384 g/mol. The van der Waals surface area contributed by atoms with Crippen LogP contribution in [0.1, 0.15) is 5.69 Å². The van der Waals surface area contributed by atoms with E-state index < -0.39 is 14.9 Å². The van der Waals surface area contributed by atoms with E-state index in [0.717, 1.165) is 10.8 Å². The number of rotatable bonds is 3. The summed E-state index contributed by atoms with van der Waals surface area (Å²) in [5.74, 6) is 0.0795. The quantitative estimate of drug-likeness (QED) is 0.495. The number of sulfone groups is 1. The summed E-state index contributed by atoms with van der Waals surface area (Å²) in [7, 11) is -4.05. The minimum Gasteiger partial charge on any atom is -0.423 e. The first-order valence-electron chi connectivity index (χ1n) is 7.90. The van der Waals surface area contributed by atoms with Crippen molar-refractivity contribution in [3.63, 3.8) is 0 Å². The number of benzene rings is 3. The molecule has 1 heterocycles. The van der Waals surface area contributed by atoms with E-state index in [2.05, 4.69) is 4.98 Å². The lowest BCUT2D eigenvalue weighted by atomic mass is 10.0. The number of aromatic nitrogens is 1. The zero-order valence-corrected chi connectivity index (χ0v) is 15.3.